The lowest BCUT2D eigenvalue weighted by Crippen LogP contribution is -2.41. The van der Waals surface area contributed by atoms with Gasteiger partial charge in [-0.3, -0.25) is 4.79 Å². The number of carbonyl (C=O) groups excluding carboxylic acids is 1. The van der Waals surface area contributed by atoms with Crippen LogP contribution in [0.2, 0.25) is 0 Å². The third kappa shape index (κ3) is 4.20. The summed E-state index contributed by atoms with van der Waals surface area (Å²) in [5, 5.41) is 7.06. The molecule has 0 radical (unpaired) electrons. The van der Waals surface area contributed by atoms with Crippen molar-refractivity contribution in [1.82, 2.24) is 24.6 Å². The second-order valence-electron chi connectivity index (χ2n) is 7.49. The fourth-order valence-electron chi connectivity index (χ4n) is 2.90. The van der Waals surface area contributed by atoms with Gasteiger partial charge in [-0.15, -0.1) is 0 Å². The highest BCUT2D eigenvalue weighted by atomic mass is 32.2. The summed E-state index contributed by atoms with van der Waals surface area (Å²) in [5.41, 5.74) is 1.25. The molecule has 0 spiro atoms. The van der Waals surface area contributed by atoms with Crippen molar-refractivity contribution in [3.05, 3.63) is 59.5 Å². The number of benzene rings is 1. The van der Waals surface area contributed by atoms with Gasteiger partial charge in [-0.25, -0.2) is 22.6 Å². The Labute approximate surface area is 164 Å². The van der Waals surface area contributed by atoms with E-state index in [9.17, 15) is 13.2 Å². The average molecular weight is 401 g/mol. The average Bonchev–Trinajstić information content (AvgIpc) is 2.93. The molecule has 0 aliphatic rings. The third-order valence-corrected chi connectivity index (χ3v) is 5.80. The van der Waals surface area contributed by atoms with Crippen LogP contribution >= 0.6 is 0 Å². The largest absolute Gasteiger partial charge is 0.348 e. The Morgan fingerprint density at radius 1 is 1.18 bits per heavy atom. The number of hydrogen-bond acceptors (Lipinski definition) is 5. The van der Waals surface area contributed by atoms with Crippen LogP contribution in [0.25, 0.3) is 5.65 Å². The van der Waals surface area contributed by atoms with E-state index in [0.717, 1.165) is 0 Å². The zero-order valence-electron chi connectivity index (χ0n) is 16.2. The Bertz CT molecular complexity index is 1130. The zero-order chi connectivity index (χ0) is 20.5. The fraction of sp³-hybridized carbons (Fsp3) is 0.316. The first-order valence-corrected chi connectivity index (χ1v) is 10.3. The first-order valence-electron chi connectivity index (χ1n) is 8.78. The molecule has 1 aromatic carbocycles. The Balaban J connectivity index is 1.86. The summed E-state index contributed by atoms with van der Waals surface area (Å²) in [6, 6.07) is 8.32. The van der Waals surface area contributed by atoms with Crippen LogP contribution in [-0.2, 0) is 16.6 Å². The molecule has 2 aromatic heterocycles. The van der Waals surface area contributed by atoms with Crippen LogP contribution in [-0.4, -0.2) is 34.5 Å². The molecule has 8 nitrogen and oxygen atoms in total. The number of aromatic nitrogens is 3. The van der Waals surface area contributed by atoms with Gasteiger partial charge in [-0.1, -0.05) is 18.2 Å². The minimum atomic E-state index is -3.72. The molecule has 3 rings (SSSR count). The molecule has 9 heteroatoms. The van der Waals surface area contributed by atoms with Gasteiger partial charge in [-0.2, -0.15) is 5.10 Å². The zero-order valence-corrected chi connectivity index (χ0v) is 17.0. The van der Waals surface area contributed by atoms with Crippen molar-refractivity contribution in [2.45, 2.75) is 44.7 Å². The Morgan fingerprint density at radius 2 is 1.89 bits per heavy atom. The van der Waals surface area contributed by atoms with Crippen molar-refractivity contribution in [3.8, 4) is 0 Å². The number of fused-ring (bicyclic) bond motifs is 1. The SMILES string of the molecule is Cc1nn2cccnc2c1C(=O)NCc1ccccc1S(=O)(=O)NC(C)(C)C. The van der Waals surface area contributed by atoms with E-state index in [-0.39, 0.29) is 17.3 Å². The summed E-state index contributed by atoms with van der Waals surface area (Å²) in [5.74, 6) is -0.359. The maximum atomic E-state index is 12.7. The summed E-state index contributed by atoms with van der Waals surface area (Å²) in [4.78, 5) is 17.1. The predicted octanol–water partition coefficient (Wildman–Crippen LogP) is 2.04. The highest BCUT2D eigenvalue weighted by molar-refractivity contribution is 7.89. The van der Waals surface area contributed by atoms with Gasteiger partial charge in [0.25, 0.3) is 5.91 Å². The van der Waals surface area contributed by atoms with Crippen LogP contribution in [0.5, 0.6) is 0 Å². The second kappa shape index (κ2) is 7.33. The summed E-state index contributed by atoms with van der Waals surface area (Å²) >= 11 is 0. The lowest BCUT2D eigenvalue weighted by Gasteiger charge is -2.21. The van der Waals surface area contributed by atoms with Crippen LogP contribution in [0.15, 0.2) is 47.6 Å². The van der Waals surface area contributed by atoms with Crippen LogP contribution in [0, 0.1) is 6.92 Å². The number of nitrogens with one attached hydrogen (secondary N) is 2. The highest BCUT2D eigenvalue weighted by Crippen LogP contribution is 2.18. The molecule has 0 bridgehead atoms. The van der Waals surface area contributed by atoms with E-state index in [0.29, 0.717) is 22.5 Å². The molecule has 0 aliphatic heterocycles. The normalized spacial score (nSPS) is 12.3. The molecular weight excluding hydrogens is 378 g/mol. The van der Waals surface area contributed by atoms with Gasteiger partial charge in [0.2, 0.25) is 10.0 Å². The fourth-order valence-corrected chi connectivity index (χ4v) is 4.56. The predicted molar refractivity (Wildman–Crippen MR) is 105 cm³/mol. The summed E-state index contributed by atoms with van der Waals surface area (Å²) in [7, 11) is -3.72. The lowest BCUT2D eigenvalue weighted by atomic mass is 10.1. The molecule has 2 heterocycles. The summed E-state index contributed by atoms with van der Waals surface area (Å²) < 4.78 is 29.6. The van der Waals surface area contributed by atoms with E-state index < -0.39 is 15.6 Å². The Hall–Kier alpha value is -2.78. The maximum absolute atomic E-state index is 12.7. The van der Waals surface area contributed by atoms with Gasteiger partial charge in [0.1, 0.15) is 5.56 Å². The van der Waals surface area contributed by atoms with E-state index in [1.807, 2.05) is 0 Å². The standard InChI is InChI=1S/C19H23N5O3S/c1-13-16(17-20-10-7-11-24(17)22-13)18(25)21-12-14-8-5-6-9-15(14)28(26,27)23-19(2,3)4/h5-11,23H,12H2,1-4H3,(H,21,25). The van der Waals surface area contributed by atoms with E-state index in [1.54, 1.807) is 64.4 Å². The van der Waals surface area contributed by atoms with Gasteiger partial charge in [0.15, 0.2) is 5.65 Å². The van der Waals surface area contributed by atoms with E-state index in [1.165, 1.54) is 10.6 Å². The molecule has 1 amide bonds. The molecule has 2 N–H and O–H groups in total. The number of nitrogens with zero attached hydrogens (tertiary/aromatic N) is 3. The molecule has 0 aliphatic carbocycles. The number of sulfonamides is 1. The van der Waals surface area contributed by atoms with Gasteiger partial charge in [0, 0.05) is 24.5 Å². The number of hydrogen-bond donors (Lipinski definition) is 2. The summed E-state index contributed by atoms with van der Waals surface area (Å²) in [6.45, 7) is 7.11. The molecule has 0 saturated heterocycles. The quantitative estimate of drug-likeness (QED) is 0.681. The molecule has 0 unspecified atom stereocenters. The minimum absolute atomic E-state index is 0.0592. The molecule has 3 aromatic rings. The first kappa shape index (κ1) is 20.0. The van der Waals surface area contributed by atoms with Crippen molar-refractivity contribution >= 4 is 21.6 Å². The molecule has 0 saturated carbocycles. The number of carbonyl (C=O) groups is 1. The lowest BCUT2D eigenvalue weighted by molar-refractivity contribution is 0.0951. The monoisotopic (exact) mass is 401 g/mol. The smallest absolute Gasteiger partial charge is 0.257 e. The first-order chi connectivity index (χ1) is 13.1. The number of aryl methyl sites for hydroxylation is 1. The Morgan fingerprint density at radius 3 is 2.61 bits per heavy atom. The summed E-state index contributed by atoms with van der Waals surface area (Å²) in [6.07, 6.45) is 3.30. The molecular formula is C19H23N5O3S. The van der Waals surface area contributed by atoms with Crippen LogP contribution in [0.1, 0.15) is 42.4 Å². The molecule has 0 fully saturated rings. The topological polar surface area (TPSA) is 105 Å². The highest BCUT2D eigenvalue weighted by Gasteiger charge is 2.25. The van der Waals surface area contributed by atoms with Crippen LogP contribution < -0.4 is 10.0 Å². The van der Waals surface area contributed by atoms with Gasteiger partial charge < -0.3 is 5.32 Å². The van der Waals surface area contributed by atoms with Crippen molar-refractivity contribution in [2.24, 2.45) is 0 Å². The maximum Gasteiger partial charge on any atom is 0.257 e. The van der Waals surface area contributed by atoms with Gasteiger partial charge in [-0.05, 0) is 45.4 Å². The second-order valence-corrected chi connectivity index (χ2v) is 9.15. The Kier molecular flexibility index (Phi) is 5.22. The van der Waals surface area contributed by atoms with E-state index >= 15 is 0 Å². The van der Waals surface area contributed by atoms with Crippen LogP contribution in [0.4, 0.5) is 0 Å². The molecule has 148 valence electrons. The van der Waals surface area contributed by atoms with Crippen LogP contribution in [0.3, 0.4) is 0 Å². The molecule has 28 heavy (non-hydrogen) atoms. The van der Waals surface area contributed by atoms with Crippen molar-refractivity contribution in [3.63, 3.8) is 0 Å². The van der Waals surface area contributed by atoms with E-state index in [4.69, 9.17) is 0 Å². The van der Waals surface area contributed by atoms with E-state index in [2.05, 4.69) is 20.1 Å². The third-order valence-electron chi connectivity index (χ3n) is 3.94. The number of rotatable bonds is 5. The van der Waals surface area contributed by atoms with Gasteiger partial charge >= 0.3 is 0 Å². The van der Waals surface area contributed by atoms with Crippen molar-refractivity contribution in [2.75, 3.05) is 0 Å². The minimum Gasteiger partial charge on any atom is -0.348 e. The van der Waals surface area contributed by atoms with Crippen molar-refractivity contribution < 1.29 is 13.2 Å². The molecule has 0 atom stereocenters. The van der Waals surface area contributed by atoms with Gasteiger partial charge in [0.05, 0.1) is 10.6 Å². The van der Waals surface area contributed by atoms with Crippen molar-refractivity contribution in [1.29, 1.82) is 0 Å². The number of amides is 1.